The first-order valence-corrected chi connectivity index (χ1v) is 18.2. The van der Waals surface area contributed by atoms with E-state index in [-0.39, 0.29) is 32.1 Å². The highest BCUT2D eigenvalue weighted by atomic mass is 127. The van der Waals surface area contributed by atoms with Gasteiger partial charge in [-0.1, -0.05) is 24.3 Å². The lowest BCUT2D eigenvalue weighted by Gasteiger charge is -2.32. The number of hydrogen-bond donors (Lipinski definition) is 2. The van der Waals surface area contributed by atoms with Crippen molar-refractivity contribution in [2.24, 2.45) is 10.9 Å². The minimum absolute atomic E-state index is 0.0293. The smallest absolute Gasteiger partial charge is 0.417 e. The van der Waals surface area contributed by atoms with E-state index in [4.69, 9.17) is 23.7 Å². The fourth-order valence-electron chi connectivity index (χ4n) is 4.72. The number of benzene rings is 2. The molecule has 0 bridgehead atoms. The minimum Gasteiger partial charge on any atom is -0.497 e. The van der Waals surface area contributed by atoms with E-state index in [1.54, 1.807) is 88.5 Å². The van der Waals surface area contributed by atoms with Crippen LogP contribution < -0.4 is 15.4 Å². The molecular formula is C38H55IN4O9. The van der Waals surface area contributed by atoms with Gasteiger partial charge in [-0.3, -0.25) is 5.32 Å². The molecular weight excluding hydrogens is 783 g/mol. The van der Waals surface area contributed by atoms with Crippen LogP contribution in [0.2, 0.25) is 0 Å². The van der Waals surface area contributed by atoms with Crippen molar-refractivity contribution < 1.29 is 42.9 Å². The fourth-order valence-corrected chi connectivity index (χ4v) is 5.08. The zero-order chi connectivity index (χ0) is 39.3. The number of amides is 3. The zero-order valence-corrected chi connectivity index (χ0v) is 34.4. The topological polar surface area (TPSA) is 154 Å². The molecule has 52 heavy (non-hydrogen) atoms. The summed E-state index contributed by atoms with van der Waals surface area (Å²) in [4.78, 5) is 59.4. The van der Waals surface area contributed by atoms with Crippen molar-refractivity contribution in [2.75, 3.05) is 20.3 Å². The Hall–Kier alpha value is -4.08. The molecule has 0 fully saturated rings. The second-order valence-electron chi connectivity index (χ2n) is 15.1. The number of carbonyl (C=O) groups excluding carboxylic acids is 4. The molecule has 0 aliphatic carbocycles. The second-order valence-corrected chi connectivity index (χ2v) is 16.3. The Kier molecular flexibility index (Phi) is 16.7. The van der Waals surface area contributed by atoms with E-state index in [0.29, 0.717) is 12.2 Å². The van der Waals surface area contributed by atoms with Crippen molar-refractivity contribution in [3.8, 4) is 5.75 Å². The number of guanidine groups is 1. The van der Waals surface area contributed by atoms with E-state index in [1.165, 1.54) is 4.90 Å². The number of aliphatic imine (C=N–C) groups is 1. The molecule has 0 aliphatic heterocycles. The van der Waals surface area contributed by atoms with Gasteiger partial charge in [-0.15, -0.1) is 0 Å². The van der Waals surface area contributed by atoms with Crippen molar-refractivity contribution in [1.29, 1.82) is 0 Å². The van der Waals surface area contributed by atoms with E-state index in [9.17, 15) is 19.2 Å². The molecule has 2 atom stereocenters. The fraction of sp³-hybridized carbons (Fsp3) is 0.553. The molecule has 14 heteroatoms. The van der Waals surface area contributed by atoms with E-state index in [1.807, 2.05) is 36.4 Å². The van der Waals surface area contributed by atoms with Crippen LogP contribution in [0.5, 0.6) is 5.75 Å². The number of hydrogen-bond acceptors (Lipinski definition) is 10. The number of rotatable bonds is 12. The second kappa shape index (κ2) is 19.7. The number of alkyl carbamates (subject to hydrolysis) is 2. The molecule has 0 saturated heterocycles. The number of carbonyl (C=O) groups is 4. The highest BCUT2D eigenvalue weighted by Crippen LogP contribution is 2.22. The maximum Gasteiger partial charge on any atom is 0.417 e. The first-order chi connectivity index (χ1) is 24.1. The Bertz CT molecular complexity index is 1510. The molecule has 2 aromatic rings. The van der Waals surface area contributed by atoms with E-state index >= 15 is 0 Å². The van der Waals surface area contributed by atoms with Crippen molar-refractivity contribution in [3.05, 3.63) is 63.2 Å². The number of halogens is 1. The first-order valence-electron chi connectivity index (χ1n) is 17.2. The van der Waals surface area contributed by atoms with Crippen LogP contribution in [0.25, 0.3) is 0 Å². The maximum absolute atomic E-state index is 14.1. The predicted octanol–water partition coefficient (Wildman–Crippen LogP) is 7.62. The summed E-state index contributed by atoms with van der Waals surface area (Å²) in [6.07, 6.45) is -2.03. The van der Waals surface area contributed by atoms with Crippen LogP contribution in [0.4, 0.5) is 14.4 Å². The van der Waals surface area contributed by atoms with Gasteiger partial charge >= 0.3 is 24.2 Å². The van der Waals surface area contributed by atoms with Gasteiger partial charge in [0.15, 0.2) is 0 Å². The third kappa shape index (κ3) is 17.4. The summed E-state index contributed by atoms with van der Waals surface area (Å²) in [7, 11) is 1.57. The van der Waals surface area contributed by atoms with Crippen molar-refractivity contribution in [1.82, 2.24) is 15.5 Å². The number of methoxy groups -OCH3 is 1. The summed E-state index contributed by atoms with van der Waals surface area (Å²) in [5.74, 6) is -0.655. The van der Waals surface area contributed by atoms with Crippen molar-refractivity contribution >= 4 is 52.8 Å². The Labute approximate surface area is 321 Å². The normalized spacial score (nSPS) is 13.3. The Morgan fingerprint density at radius 2 is 1.33 bits per heavy atom. The van der Waals surface area contributed by atoms with Gasteiger partial charge in [-0.2, -0.15) is 0 Å². The number of ether oxygens (including phenoxy) is 5. The van der Waals surface area contributed by atoms with Crippen LogP contribution in [-0.2, 0) is 36.7 Å². The largest absolute Gasteiger partial charge is 0.497 e. The molecule has 0 spiro atoms. The van der Waals surface area contributed by atoms with Crippen LogP contribution in [-0.4, -0.2) is 78.2 Å². The van der Waals surface area contributed by atoms with E-state index in [0.717, 1.165) is 14.7 Å². The quantitative estimate of drug-likeness (QED) is 0.0723. The third-order valence-electron chi connectivity index (χ3n) is 6.76. The Morgan fingerprint density at radius 1 is 0.788 bits per heavy atom. The third-order valence-corrected chi connectivity index (χ3v) is 7.48. The predicted molar refractivity (Wildman–Crippen MR) is 207 cm³/mol. The summed E-state index contributed by atoms with van der Waals surface area (Å²) in [6, 6.07) is 13.9. The van der Waals surface area contributed by atoms with Gasteiger partial charge in [0.2, 0.25) is 5.96 Å². The standard InChI is InChI=1S/C38H55IN4O9/c1-12-49-31(44)30(41-33(45)50-36(2,3)4)22-27(21-25-13-17-28(39)18-14-25)24-43(35(47)52-38(8,9)10)32(42-34(46)51-37(5,6)7)40-23-26-15-19-29(48-11)20-16-26/h13-20,27,30H,12,21-24H2,1-11H3,(H,41,45)(H,40,42,46). The lowest BCUT2D eigenvalue weighted by atomic mass is 9.92. The molecule has 0 heterocycles. The average molecular weight is 839 g/mol. The summed E-state index contributed by atoms with van der Waals surface area (Å²) in [5.41, 5.74) is -0.908. The highest BCUT2D eigenvalue weighted by molar-refractivity contribution is 14.1. The molecule has 2 rings (SSSR count). The molecule has 2 aromatic carbocycles. The zero-order valence-electron chi connectivity index (χ0n) is 32.3. The molecule has 0 radical (unpaired) electrons. The maximum atomic E-state index is 14.1. The molecule has 0 aliphatic rings. The number of nitrogens with zero attached hydrogens (tertiary/aromatic N) is 2. The molecule has 2 unspecified atom stereocenters. The van der Waals surface area contributed by atoms with Gasteiger partial charge in [0.1, 0.15) is 28.6 Å². The average Bonchev–Trinajstić information content (AvgIpc) is 3.00. The number of esters is 1. The molecule has 0 saturated carbocycles. The molecule has 3 amide bonds. The number of nitrogens with one attached hydrogen (secondary N) is 2. The van der Waals surface area contributed by atoms with Crippen LogP contribution in [0.1, 0.15) is 86.8 Å². The van der Waals surface area contributed by atoms with Crippen molar-refractivity contribution in [2.45, 2.75) is 111 Å². The monoisotopic (exact) mass is 838 g/mol. The lowest BCUT2D eigenvalue weighted by Crippen LogP contribution is -2.52. The van der Waals surface area contributed by atoms with Gasteiger partial charge < -0.3 is 29.0 Å². The summed E-state index contributed by atoms with van der Waals surface area (Å²) in [5, 5.41) is 5.34. The summed E-state index contributed by atoms with van der Waals surface area (Å²) >= 11 is 2.21. The first kappa shape index (κ1) is 44.1. The van der Waals surface area contributed by atoms with Crippen LogP contribution >= 0.6 is 22.6 Å². The van der Waals surface area contributed by atoms with Gasteiger partial charge in [0, 0.05) is 10.1 Å². The lowest BCUT2D eigenvalue weighted by molar-refractivity contribution is -0.146. The Balaban J connectivity index is 2.69. The van der Waals surface area contributed by atoms with Crippen LogP contribution in [0.3, 0.4) is 0 Å². The SMILES string of the molecule is CCOC(=O)C(CC(Cc1ccc(I)cc1)CN(C(=O)OC(C)(C)C)C(=NCc1ccc(OC)cc1)NC(=O)OC(C)(C)C)NC(=O)OC(C)(C)C. The molecule has 2 N–H and O–H groups in total. The summed E-state index contributed by atoms with van der Waals surface area (Å²) < 4.78 is 28.5. The highest BCUT2D eigenvalue weighted by Gasteiger charge is 2.34. The van der Waals surface area contributed by atoms with Gasteiger partial charge in [0.05, 0.1) is 20.3 Å². The molecule has 13 nitrogen and oxygen atoms in total. The van der Waals surface area contributed by atoms with Crippen molar-refractivity contribution in [3.63, 3.8) is 0 Å². The molecule has 288 valence electrons. The van der Waals surface area contributed by atoms with Crippen LogP contribution in [0, 0.1) is 9.49 Å². The van der Waals surface area contributed by atoms with Crippen LogP contribution in [0.15, 0.2) is 53.5 Å². The van der Waals surface area contributed by atoms with Gasteiger partial charge in [0.25, 0.3) is 0 Å². The van der Waals surface area contributed by atoms with E-state index in [2.05, 4.69) is 38.2 Å². The van der Waals surface area contributed by atoms with Gasteiger partial charge in [-0.05, 0) is 146 Å². The van der Waals surface area contributed by atoms with E-state index < -0.39 is 53.0 Å². The van der Waals surface area contributed by atoms with Gasteiger partial charge in [-0.25, -0.2) is 29.1 Å². The molecule has 0 aromatic heterocycles. The summed E-state index contributed by atoms with van der Waals surface area (Å²) in [6.45, 7) is 17.2. The Morgan fingerprint density at radius 3 is 1.85 bits per heavy atom. The minimum atomic E-state index is -1.14.